The van der Waals surface area contributed by atoms with E-state index >= 15 is 0 Å². The number of aromatic nitrogens is 2. The van der Waals surface area contributed by atoms with Gasteiger partial charge in [-0.05, 0) is 12.3 Å². The van der Waals surface area contributed by atoms with Crippen molar-refractivity contribution in [3.63, 3.8) is 0 Å². The van der Waals surface area contributed by atoms with E-state index in [0.717, 1.165) is 6.42 Å². The van der Waals surface area contributed by atoms with Crippen molar-refractivity contribution in [2.24, 2.45) is 11.8 Å². The molecule has 1 aliphatic heterocycles. The third-order valence-electron chi connectivity index (χ3n) is 3.59. The molecule has 6 heteroatoms. The van der Waals surface area contributed by atoms with E-state index in [0.29, 0.717) is 25.5 Å². The predicted octanol–water partition coefficient (Wildman–Crippen LogP) is 0.810. The number of carboxylic acids is 1. The van der Waals surface area contributed by atoms with Crippen LogP contribution in [0, 0.1) is 11.8 Å². The summed E-state index contributed by atoms with van der Waals surface area (Å²) < 4.78 is 1.63. The number of rotatable bonds is 4. The third kappa shape index (κ3) is 2.62. The van der Waals surface area contributed by atoms with Crippen molar-refractivity contribution < 1.29 is 9.90 Å². The minimum absolute atomic E-state index is 0.0264. The molecule has 1 N–H and O–H groups in total. The largest absolute Gasteiger partial charge is 0.481 e. The van der Waals surface area contributed by atoms with Gasteiger partial charge in [0.1, 0.15) is 0 Å². The SMILES string of the molecule is CCCn1ccnc(N2CC(C)C(C(=O)O)C2)c1=O. The second-order valence-electron chi connectivity index (χ2n) is 5.08. The predicted molar refractivity (Wildman–Crippen MR) is 71.3 cm³/mol. The first-order chi connectivity index (χ1) is 9.04. The molecule has 2 heterocycles. The van der Waals surface area contributed by atoms with Crippen LogP contribution in [-0.4, -0.2) is 33.7 Å². The van der Waals surface area contributed by atoms with E-state index in [2.05, 4.69) is 4.98 Å². The Labute approximate surface area is 111 Å². The van der Waals surface area contributed by atoms with Gasteiger partial charge in [0.2, 0.25) is 0 Å². The van der Waals surface area contributed by atoms with Gasteiger partial charge in [-0.2, -0.15) is 0 Å². The second-order valence-corrected chi connectivity index (χ2v) is 5.08. The van der Waals surface area contributed by atoms with Crippen LogP contribution in [0.15, 0.2) is 17.2 Å². The topological polar surface area (TPSA) is 75.4 Å². The summed E-state index contributed by atoms with van der Waals surface area (Å²) in [6.45, 7) is 5.47. The molecule has 1 saturated heterocycles. The molecule has 1 aliphatic rings. The van der Waals surface area contributed by atoms with Crippen molar-refractivity contribution in [1.29, 1.82) is 0 Å². The molecule has 6 nitrogen and oxygen atoms in total. The van der Waals surface area contributed by atoms with Gasteiger partial charge in [-0.1, -0.05) is 13.8 Å². The average molecular weight is 265 g/mol. The van der Waals surface area contributed by atoms with Crippen LogP contribution in [0.5, 0.6) is 0 Å². The Hall–Kier alpha value is -1.85. The van der Waals surface area contributed by atoms with Gasteiger partial charge in [-0.3, -0.25) is 9.59 Å². The van der Waals surface area contributed by atoms with E-state index in [1.54, 1.807) is 21.9 Å². The van der Waals surface area contributed by atoms with Crippen LogP contribution in [-0.2, 0) is 11.3 Å². The fourth-order valence-corrected chi connectivity index (χ4v) is 2.53. The number of aliphatic carboxylic acids is 1. The first-order valence-corrected chi connectivity index (χ1v) is 6.57. The number of nitrogens with zero attached hydrogens (tertiary/aromatic N) is 3. The Morgan fingerprint density at radius 1 is 1.53 bits per heavy atom. The number of anilines is 1. The Kier molecular flexibility index (Phi) is 3.87. The van der Waals surface area contributed by atoms with Gasteiger partial charge in [0, 0.05) is 32.0 Å². The highest BCUT2D eigenvalue weighted by Gasteiger charge is 2.36. The highest BCUT2D eigenvalue weighted by atomic mass is 16.4. The summed E-state index contributed by atoms with van der Waals surface area (Å²) >= 11 is 0. The molecule has 0 bridgehead atoms. The normalized spacial score (nSPS) is 22.7. The minimum atomic E-state index is -0.806. The zero-order valence-corrected chi connectivity index (χ0v) is 11.2. The lowest BCUT2D eigenvalue weighted by Crippen LogP contribution is -2.32. The Balaban J connectivity index is 2.27. The molecule has 1 aromatic heterocycles. The average Bonchev–Trinajstić information content (AvgIpc) is 2.74. The zero-order chi connectivity index (χ0) is 14.0. The Bertz CT molecular complexity index is 526. The van der Waals surface area contributed by atoms with Gasteiger partial charge in [0.15, 0.2) is 5.82 Å². The first-order valence-electron chi connectivity index (χ1n) is 6.57. The molecule has 1 fully saturated rings. The third-order valence-corrected chi connectivity index (χ3v) is 3.59. The van der Waals surface area contributed by atoms with Crippen LogP contribution in [0.2, 0.25) is 0 Å². The van der Waals surface area contributed by atoms with Crippen LogP contribution in [0.4, 0.5) is 5.82 Å². The molecular weight excluding hydrogens is 246 g/mol. The second kappa shape index (κ2) is 5.42. The van der Waals surface area contributed by atoms with E-state index in [9.17, 15) is 9.59 Å². The number of carboxylic acid groups (broad SMARTS) is 1. The standard InChI is InChI=1S/C13H19N3O3/c1-3-5-15-6-4-14-11(12(15)17)16-7-9(2)10(8-16)13(18)19/h4,6,9-10H,3,5,7-8H2,1-2H3,(H,18,19). The first kappa shape index (κ1) is 13.6. The van der Waals surface area contributed by atoms with Crippen molar-refractivity contribution in [1.82, 2.24) is 9.55 Å². The maximum absolute atomic E-state index is 12.2. The summed E-state index contributed by atoms with van der Waals surface area (Å²) in [6, 6.07) is 0. The van der Waals surface area contributed by atoms with Gasteiger partial charge in [0.05, 0.1) is 5.92 Å². The molecule has 1 aromatic rings. The van der Waals surface area contributed by atoms with Gasteiger partial charge < -0.3 is 14.6 Å². The molecule has 0 spiro atoms. The van der Waals surface area contributed by atoms with E-state index in [1.807, 2.05) is 13.8 Å². The lowest BCUT2D eigenvalue weighted by molar-refractivity contribution is -0.142. The van der Waals surface area contributed by atoms with Crippen LogP contribution in [0.3, 0.4) is 0 Å². The highest BCUT2D eigenvalue weighted by Crippen LogP contribution is 2.25. The van der Waals surface area contributed by atoms with Gasteiger partial charge in [0.25, 0.3) is 5.56 Å². The summed E-state index contributed by atoms with van der Waals surface area (Å²) in [5.74, 6) is -0.842. The smallest absolute Gasteiger partial charge is 0.308 e. The molecule has 19 heavy (non-hydrogen) atoms. The van der Waals surface area contributed by atoms with E-state index in [4.69, 9.17) is 5.11 Å². The van der Waals surface area contributed by atoms with Crippen molar-refractivity contribution >= 4 is 11.8 Å². The zero-order valence-electron chi connectivity index (χ0n) is 11.2. The number of aryl methyl sites for hydroxylation is 1. The number of hydrogen-bond donors (Lipinski definition) is 1. The molecule has 0 aliphatic carbocycles. The Morgan fingerprint density at radius 3 is 2.84 bits per heavy atom. The van der Waals surface area contributed by atoms with Crippen molar-refractivity contribution in [3.8, 4) is 0 Å². The molecule has 2 unspecified atom stereocenters. The highest BCUT2D eigenvalue weighted by molar-refractivity contribution is 5.72. The van der Waals surface area contributed by atoms with E-state index < -0.39 is 11.9 Å². The Morgan fingerprint density at radius 2 is 2.26 bits per heavy atom. The van der Waals surface area contributed by atoms with Crippen molar-refractivity contribution in [3.05, 3.63) is 22.7 Å². The summed E-state index contributed by atoms with van der Waals surface area (Å²) in [4.78, 5) is 29.3. The van der Waals surface area contributed by atoms with Crippen LogP contribution >= 0.6 is 0 Å². The molecule has 104 valence electrons. The summed E-state index contributed by atoms with van der Waals surface area (Å²) in [6.07, 6.45) is 4.15. The number of carbonyl (C=O) groups is 1. The lowest BCUT2D eigenvalue weighted by Gasteiger charge is -2.17. The molecule has 0 radical (unpaired) electrons. The van der Waals surface area contributed by atoms with Crippen LogP contribution in [0.25, 0.3) is 0 Å². The van der Waals surface area contributed by atoms with E-state index in [-0.39, 0.29) is 11.5 Å². The summed E-state index contributed by atoms with van der Waals surface area (Å²) in [5, 5.41) is 9.13. The van der Waals surface area contributed by atoms with Gasteiger partial charge in [-0.15, -0.1) is 0 Å². The molecule has 0 saturated carbocycles. The van der Waals surface area contributed by atoms with E-state index in [1.165, 1.54) is 0 Å². The maximum Gasteiger partial charge on any atom is 0.308 e. The maximum atomic E-state index is 12.2. The molecule has 0 amide bonds. The molecule has 2 atom stereocenters. The summed E-state index contributed by atoms with van der Waals surface area (Å²) in [5.41, 5.74) is -0.136. The van der Waals surface area contributed by atoms with Crippen molar-refractivity contribution in [2.75, 3.05) is 18.0 Å². The molecule has 2 rings (SSSR count). The monoisotopic (exact) mass is 265 g/mol. The van der Waals surface area contributed by atoms with Gasteiger partial charge in [-0.25, -0.2) is 4.98 Å². The summed E-state index contributed by atoms with van der Waals surface area (Å²) in [7, 11) is 0. The van der Waals surface area contributed by atoms with Gasteiger partial charge >= 0.3 is 5.97 Å². The fraction of sp³-hybridized carbons (Fsp3) is 0.615. The molecular formula is C13H19N3O3. The van der Waals surface area contributed by atoms with Crippen LogP contribution < -0.4 is 10.5 Å². The quantitative estimate of drug-likeness (QED) is 0.872. The van der Waals surface area contributed by atoms with Crippen LogP contribution in [0.1, 0.15) is 20.3 Å². The fourth-order valence-electron chi connectivity index (χ4n) is 2.53. The number of hydrogen-bond acceptors (Lipinski definition) is 4. The lowest BCUT2D eigenvalue weighted by atomic mass is 9.99. The molecule has 0 aromatic carbocycles. The van der Waals surface area contributed by atoms with Crippen molar-refractivity contribution in [2.45, 2.75) is 26.8 Å². The minimum Gasteiger partial charge on any atom is -0.481 e.